The van der Waals surface area contributed by atoms with Crippen molar-refractivity contribution in [3.63, 3.8) is 0 Å². The van der Waals surface area contributed by atoms with Crippen LogP contribution < -0.4 is 0 Å². The van der Waals surface area contributed by atoms with Gasteiger partial charge in [0.2, 0.25) is 0 Å². The molecule has 2 aromatic carbocycles. The maximum Gasteiger partial charge on any atom is -0.00763 e. The Morgan fingerprint density at radius 2 is 1.67 bits per heavy atom. The predicted molar refractivity (Wildman–Crippen MR) is 66.6 cm³/mol. The van der Waals surface area contributed by atoms with E-state index in [1.54, 1.807) is 0 Å². The van der Waals surface area contributed by atoms with Crippen LogP contribution in [-0.4, -0.2) is 0 Å². The molecule has 72 valence electrons. The molecule has 0 aromatic heterocycles. The van der Waals surface area contributed by atoms with Gasteiger partial charge in [-0.15, -0.1) is 12.8 Å². The van der Waals surface area contributed by atoms with Crippen molar-refractivity contribution in [1.29, 1.82) is 0 Å². The Labute approximate surface area is 90.2 Å². The van der Waals surface area contributed by atoms with E-state index >= 15 is 0 Å². The third kappa shape index (κ3) is 1.53. The standard InChI is InChI=1S/C13H10.C2H2/c1-4-10-6-2-8-12-9-3-7-11(5-1)13(10)12;1-2/h1-8H,9H2;1-2H. The molecule has 0 heteroatoms. The average Bonchev–Trinajstić information content (AvgIpc) is 2.33. The van der Waals surface area contributed by atoms with E-state index in [9.17, 15) is 0 Å². The van der Waals surface area contributed by atoms with Crippen molar-refractivity contribution < 1.29 is 0 Å². The van der Waals surface area contributed by atoms with Gasteiger partial charge < -0.3 is 0 Å². The normalized spacial score (nSPS) is 11.9. The van der Waals surface area contributed by atoms with Crippen LogP contribution in [0.1, 0.15) is 11.1 Å². The zero-order chi connectivity index (χ0) is 10.7. The van der Waals surface area contributed by atoms with Crippen LogP contribution >= 0.6 is 0 Å². The molecule has 0 unspecified atom stereocenters. The number of benzene rings is 2. The molecule has 0 aliphatic heterocycles. The Balaban J connectivity index is 0.000000404. The van der Waals surface area contributed by atoms with Crippen LogP contribution in [0.3, 0.4) is 0 Å². The molecular formula is C15H12. The molecule has 0 spiro atoms. The number of terminal acetylenes is 1. The van der Waals surface area contributed by atoms with Crippen molar-refractivity contribution in [3.05, 3.63) is 53.6 Å². The summed E-state index contributed by atoms with van der Waals surface area (Å²) in [6.07, 6.45) is 13.5. The summed E-state index contributed by atoms with van der Waals surface area (Å²) in [4.78, 5) is 0. The lowest BCUT2D eigenvalue weighted by Gasteiger charge is -2.11. The zero-order valence-corrected chi connectivity index (χ0v) is 8.48. The van der Waals surface area contributed by atoms with Gasteiger partial charge in [0.05, 0.1) is 0 Å². The molecular weight excluding hydrogens is 180 g/mol. The minimum atomic E-state index is 1.08. The van der Waals surface area contributed by atoms with E-state index in [-0.39, 0.29) is 0 Å². The molecule has 1 aliphatic carbocycles. The van der Waals surface area contributed by atoms with Gasteiger partial charge in [0.1, 0.15) is 0 Å². The molecule has 0 heterocycles. The van der Waals surface area contributed by atoms with Crippen LogP contribution in [0.2, 0.25) is 0 Å². The van der Waals surface area contributed by atoms with Crippen molar-refractivity contribution >= 4 is 16.8 Å². The third-order valence-electron chi connectivity index (χ3n) is 2.66. The highest BCUT2D eigenvalue weighted by Crippen LogP contribution is 2.27. The lowest BCUT2D eigenvalue weighted by molar-refractivity contribution is 1.29. The molecule has 0 radical (unpaired) electrons. The van der Waals surface area contributed by atoms with E-state index < -0.39 is 0 Å². The molecule has 1 aliphatic rings. The summed E-state index contributed by atoms with van der Waals surface area (Å²) in [6, 6.07) is 13.0. The smallest absolute Gasteiger partial charge is 0.00763 e. The maximum absolute atomic E-state index is 4.00. The van der Waals surface area contributed by atoms with Crippen LogP contribution in [0, 0.1) is 12.8 Å². The molecule has 0 amide bonds. The lowest BCUT2D eigenvalue weighted by atomic mass is 9.93. The summed E-state index contributed by atoms with van der Waals surface area (Å²) < 4.78 is 0. The molecule has 3 rings (SSSR count). The molecule has 0 saturated carbocycles. The number of rotatable bonds is 0. The van der Waals surface area contributed by atoms with Gasteiger partial charge in [-0.05, 0) is 28.3 Å². The maximum atomic E-state index is 4.00. The molecule has 0 saturated heterocycles. The summed E-state index contributed by atoms with van der Waals surface area (Å²) in [6.45, 7) is 0. The summed E-state index contributed by atoms with van der Waals surface area (Å²) in [5.74, 6) is 0. The molecule has 0 N–H and O–H groups in total. The molecule has 0 nitrogen and oxygen atoms in total. The van der Waals surface area contributed by atoms with Gasteiger partial charge >= 0.3 is 0 Å². The van der Waals surface area contributed by atoms with Crippen LogP contribution in [0.15, 0.2) is 42.5 Å². The van der Waals surface area contributed by atoms with Crippen molar-refractivity contribution in [2.24, 2.45) is 0 Å². The van der Waals surface area contributed by atoms with Gasteiger partial charge in [-0.2, -0.15) is 0 Å². The van der Waals surface area contributed by atoms with Gasteiger partial charge in [-0.25, -0.2) is 0 Å². The Bertz CT molecular complexity index is 525. The first-order valence-corrected chi connectivity index (χ1v) is 4.96. The van der Waals surface area contributed by atoms with Crippen LogP contribution in [0.25, 0.3) is 16.8 Å². The molecule has 0 atom stereocenters. The third-order valence-corrected chi connectivity index (χ3v) is 2.66. The number of hydrogen-bond donors (Lipinski definition) is 0. The fourth-order valence-corrected chi connectivity index (χ4v) is 2.07. The van der Waals surface area contributed by atoms with Gasteiger partial charge in [0.25, 0.3) is 0 Å². The fourth-order valence-electron chi connectivity index (χ4n) is 2.07. The monoisotopic (exact) mass is 192 g/mol. The first-order valence-electron chi connectivity index (χ1n) is 4.96. The van der Waals surface area contributed by atoms with Crippen LogP contribution in [0.4, 0.5) is 0 Å². The van der Waals surface area contributed by atoms with E-state index in [1.165, 1.54) is 21.9 Å². The highest BCUT2D eigenvalue weighted by molar-refractivity contribution is 5.94. The van der Waals surface area contributed by atoms with Crippen molar-refractivity contribution in [2.45, 2.75) is 6.42 Å². The van der Waals surface area contributed by atoms with E-state index in [0.29, 0.717) is 0 Å². The van der Waals surface area contributed by atoms with E-state index in [4.69, 9.17) is 0 Å². The fraction of sp³-hybridized carbons (Fsp3) is 0.0667. The zero-order valence-electron chi connectivity index (χ0n) is 8.48. The van der Waals surface area contributed by atoms with E-state index in [2.05, 4.69) is 61.4 Å². The SMILES string of the molecule is C#C.C1=Cc2cccc3cccc(c23)C1. The van der Waals surface area contributed by atoms with Crippen LogP contribution in [0.5, 0.6) is 0 Å². The van der Waals surface area contributed by atoms with E-state index in [0.717, 1.165) is 6.42 Å². The highest BCUT2D eigenvalue weighted by Gasteiger charge is 2.06. The number of allylic oxidation sites excluding steroid dienone is 1. The highest BCUT2D eigenvalue weighted by atomic mass is 14.1. The number of hydrogen-bond acceptors (Lipinski definition) is 0. The van der Waals surface area contributed by atoms with Crippen molar-refractivity contribution in [3.8, 4) is 12.8 Å². The topological polar surface area (TPSA) is 0 Å². The Kier molecular flexibility index (Phi) is 2.56. The van der Waals surface area contributed by atoms with E-state index in [1.807, 2.05) is 0 Å². The first kappa shape index (κ1) is 9.55. The Morgan fingerprint density at radius 1 is 0.933 bits per heavy atom. The van der Waals surface area contributed by atoms with Crippen LogP contribution in [-0.2, 0) is 6.42 Å². The lowest BCUT2D eigenvalue weighted by Crippen LogP contribution is -1.91. The average molecular weight is 192 g/mol. The van der Waals surface area contributed by atoms with Gasteiger partial charge in [-0.3, -0.25) is 0 Å². The summed E-state index contributed by atoms with van der Waals surface area (Å²) in [5, 5.41) is 2.80. The van der Waals surface area contributed by atoms with Crippen molar-refractivity contribution in [2.75, 3.05) is 0 Å². The minimum absolute atomic E-state index is 1.08. The predicted octanol–water partition coefficient (Wildman–Crippen LogP) is 3.66. The first-order chi connectivity index (χ1) is 7.45. The Morgan fingerprint density at radius 3 is 2.47 bits per heavy atom. The van der Waals surface area contributed by atoms with Gasteiger partial charge in [0.15, 0.2) is 0 Å². The summed E-state index contributed by atoms with van der Waals surface area (Å²) >= 11 is 0. The molecule has 2 aromatic rings. The Hall–Kier alpha value is -2.00. The van der Waals surface area contributed by atoms with Crippen molar-refractivity contribution in [1.82, 2.24) is 0 Å². The summed E-state index contributed by atoms with van der Waals surface area (Å²) in [7, 11) is 0. The largest absolute Gasteiger partial charge is 0.124 e. The second-order valence-electron chi connectivity index (χ2n) is 3.47. The molecule has 0 fully saturated rings. The van der Waals surface area contributed by atoms with Gasteiger partial charge in [0, 0.05) is 0 Å². The van der Waals surface area contributed by atoms with Gasteiger partial charge in [-0.1, -0.05) is 48.6 Å². The second kappa shape index (κ2) is 4.02. The second-order valence-corrected chi connectivity index (χ2v) is 3.47. The quantitative estimate of drug-likeness (QED) is 0.559. The minimum Gasteiger partial charge on any atom is -0.124 e. The molecule has 15 heavy (non-hydrogen) atoms. The summed E-state index contributed by atoms with van der Waals surface area (Å²) in [5.41, 5.74) is 2.81. The molecule has 0 bridgehead atoms.